The van der Waals surface area contributed by atoms with Gasteiger partial charge in [-0.25, -0.2) is 4.79 Å². The predicted octanol–water partition coefficient (Wildman–Crippen LogP) is 2.24. The number of ether oxygens (including phenoxy) is 2. The van der Waals surface area contributed by atoms with Gasteiger partial charge >= 0.3 is 5.97 Å². The van der Waals surface area contributed by atoms with Crippen molar-refractivity contribution in [2.45, 2.75) is 18.9 Å². The first-order valence-corrected chi connectivity index (χ1v) is 7.10. The SMILES string of the molecule is COC(=O)C1CCCN1C(=O)c1cc(OC)ccc1Br. The molecule has 108 valence electrons. The minimum atomic E-state index is -0.495. The number of carbonyl (C=O) groups is 2. The van der Waals surface area contributed by atoms with E-state index in [1.165, 1.54) is 7.11 Å². The Balaban J connectivity index is 2.28. The lowest BCUT2D eigenvalue weighted by Gasteiger charge is -2.23. The fourth-order valence-electron chi connectivity index (χ4n) is 2.34. The molecule has 1 aromatic rings. The van der Waals surface area contributed by atoms with Crippen molar-refractivity contribution in [3.63, 3.8) is 0 Å². The molecule has 0 spiro atoms. The van der Waals surface area contributed by atoms with Crippen molar-refractivity contribution >= 4 is 27.8 Å². The predicted molar refractivity (Wildman–Crippen MR) is 76.8 cm³/mol. The molecule has 1 amide bonds. The van der Waals surface area contributed by atoms with E-state index in [-0.39, 0.29) is 11.9 Å². The fraction of sp³-hybridized carbons (Fsp3) is 0.429. The van der Waals surface area contributed by atoms with Crippen molar-refractivity contribution in [1.82, 2.24) is 4.90 Å². The van der Waals surface area contributed by atoms with Gasteiger partial charge in [-0.05, 0) is 47.0 Å². The first-order chi connectivity index (χ1) is 9.58. The minimum Gasteiger partial charge on any atom is -0.497 e. The molecule has 6 heteroatoms. The summed E-state index contributed by atoms with van der Waals surface area (Å²) in [6.07, 6.45) is 1.44. The molecular formula is C14H16BrNO4. The van der Waals surface area contributed by atoms with Gasteiger partial charge in [0, 0.05) is 11.0 Å². The van der Waals surface area contributed by atoms with Crippen LogP contribution in [0.3, 0.4) is 0 Å². The molecular weight excluding hydrogens is 326 g/mol. The summed E-state index contributed by atoms with van der Waals surface area (Å²) >= 11 is 3.36. The van der Waals surface area contributed by atoms with Crippen LogP contribution in [0.2, 0.25) is 0 Å². The average molecular weight is 342 g/mol. The molecule has 20 heavy (non-hydrogen) atoms. The van der Waals surface area contributed by atoms with E-state index in [0.717, 1.165) is 6.42 Å². The molecule has 1 aliphatic rings. The maximum absolute atomic E-state index is 12.6. The second kappa shape index (κ2) is 6.26. The molecule has 0 aromatic heterocycles. The summed E-state index contributed by atoms with van der Waals surface area (Å²) in [6.45, 7) is 0.558. The number of nitrogens with zero attached hydrogens (tertiary/aromatic N) is 1. The number of amides is 1. The van der Waals surface area contributed by atoms with E-state index in [1.54, 1.807) is 30.2 Å². The Bertz CT molecular complexity index is 532. The van der Waals surface area contributed by atoms with Crippen LogP contribution in [0.4, 0.5) is 0 Å². The summed E-state index contributed by atoms with van der Waals surface area (Å²) in [6, 6.07) is 4.70. The monoisotopic (exact) mass is 341 g/mol. The van der Waals surface area contributed by atoms with Crippen LogP contribution in [0.15, 0.2) is 22.7 Å². The minimum absolute atomic E-state index is 0.191. The van der Waals surface area contributed by atoms with E-state index in [4.69, 9.17) is 9.47 Å². The molecule has 1 aliphatic heterocycles. The van der Waals surface area contributed by atoms with Crippen molar-refractivity contribution in [1.29, 1.82) is 0 Å². The van der Waals surface area contributed by atoms with Crippen LogP contribution in [0.25, 0.3) is 0 Å². The lowest BCUT2D eigenvalue weighted by atomic mass is 10.1. The summed E-state index contributed by atoms with van der Waals surface area (Å²) in [5.41, 5.74) is 0.486. The van der Waals surface area contributed by atoms with E-state index in [0.29, 0.717) is 28.8 Å². The topological polar surface area (TPSA) is 55.8 Å². The summed E-state index contributed by atoms with van der Waals surface area (Å²) in [4.78, 5) is 25.9. The number of hydrogen-bond acceptors (Lipinski definition) is 4. The van der Waals surface area contributed by atoms with Crippen LogP contribution < -0.4 is 4.74 Å². The Kier molecular flexibility index (Phi) is 4.65. The highest BCUT2D eigenvalue weighted by Gasteiger charge is 2.35. The number of likely N-dealkylation sites (tertiary alicyclic amines) is 1. The summed E-state index contributed by atoms with van der Waals surface area (Å²) < 4.78 is 10.6. The molecule has 0 radical (unpaired) electrons. The van der Waals surface area contributed by atoms with Crippen molar-refractivity contribution in [3.8, 4) is 5.75 Å². The molecule has 0 aliphatic carbocycles. The zero-order chi connectivity index (χ0) is 14.7. The molecule has 5 nitrogen and oxygen atoms in total. The van der Waals surface area contributed by atoms with Gasteiger partial charge in [0.05, 0.1) is 19.8 Å². The van der Waals surface area contributed by atoms with Gasteiger partial charge in [0.1, 0.15) is 11.8 Å². The number of hydrogen-bond donors (Lipinski definition) is 0. The molecule has 1 fully saturated rings. The van der Waals surface area contributed by atoms with Gasteiger partial charge in [0.15, 0.2) is 0 Å². The number of carbonyl (C=O) groups excluding carboxylic acids is 2. The molecule has 1 aromatic carbocycles. The fourth-order valence-corrected chi connectivity index (χ4v) is 2.76. The summed E-state index contributed by atoms with van der Waals surface area (Å²) in [5, 5.41) is 0. The Morgan fingerprint density at radius 3 is 2.75 bits per heavy atom. The number of methoxy groups -OCH3 is 2. The van der Waals surface area contributed by atoms with Crippen molar-refractivity contribution in [3.05, 3.63) is 28.2 Å². The van der Waals surface area contributed by atoms with Gasteiger partial charge in [-0.15, -0.1) is 0 Å². The maximum Gasteiger partial charge on any atom is 0.328 e. The Morgan fingerprint density at radius 2 is 2.10 bits per heavy atom. The largest absolute Gasteiger partial charge is 0.497 e. The lowest BCUT2D eigenvalue weighted by Crippen LogP contribution is -2.41. The first kappa shape index (κ1) is 14.8. The number of halogens is 1. The van der Waals surface area contributed by atoms with Gasteiger partial charge in [0.2, 0.25) is 0 Å². The number of esters is 1. The molecule has 0 N–H and O–H groups in total. The van der Waals surface area contributed by atoms with Gasteiger partial charge in [-0.1, -0.05) is 0 Å². The van der Waals surface area contributed by atoms with Gasteiger partial charge in [-0.3, -0.25) is 4.79 Å². The molecule has 1 atom stereocenters. The van der Waals surface area contributed by atoms with E-state index in [2.05, 4.69) is 15.9 Å². The quantitative estimate of drug-likeness (QED) is 0.791. The molecule has 0 saturated carbocycles. The van der Waals surface area contributed by atoms with E-state index in [9.17, 15) is 9.59 Å². The second-order valence-electron chi connectivity index (χ2n) is 4.53. The third-order valence-electron chi connectivity index (χ3n) is 3.39. The van der Waals surface area contributed by atoms with Gasteiger partial charge < -0.3 is 14.4 Å². The second-order valence-corrected chi connectivity index (χ2v) is 5.38. The average Bonchev–Trinajstić information content (AvgIpc) is 2.95. The zero-order valence-electron chi connectivity index (χ0n) is 11.4. The molecule has 1 unspecified atom stereocenters. The zero-order valence-corrected chi connectivity index (χ0v) is 13.0. The summed E-state index contributed by atoms with van der Waals surface area (Å²) in [5.74, 6) is 0.0453. The molecule has 1 saturated heterocycles. The van der Waals surface area contributed by atoms with Gasteiger partial charge in [-0.2, -0.15) is 0 Å². The van der Waals surface area contributed by atoms with E-state index >= 15 is 0 Å². The van der Waals surface area contributed by atoms with Crippen LogP contribution in [0.1, 0.15) is 23.2 Å². The van der Waals surface area contributed by atoms with E-state index in [1.807, 2.05) is 0 Å². The summed E-state index contributed by atoms with van der Waals surface area (Å²) in [7, 11) is 2.88. The normalized spacial score (nSPS) is 17.9. The standard InChI is InChI=1S/C14H16BrNO4/c1-19-9-5-6-11(15)10(8-9)13(17)16-7-3-4-12(16)14(18)20-2/h5-6,8,12H,3-4,7H2,1-2H3. The lowest BCUT2D eigenvalue weighted by molar-refractivity contribution is -0.145. The van der Waals surface area contributed by atoms with E-state index < -0.39 is 6.04 Å². The van der Waals surface area contributed by atoms with Crippen molar-refractivity contribution in [2.75, 3.05) is 20.8 Å². The third kappa shape index (κ3) is 2.80. The van der Waals surface area contributed by atoms with Crippen LogP contribution >= 0.6 is 15.9 Å². The molecule has 0 bridgehead atoms. The Hall–Kier alpha value is -1.56. The van der Waals surface area contributed by atoms with Crippen LogP contribution in [0, 0.1) is 0 Å². The van der Waals surface area contributed by atoms with Crippen molar-refractivity contribution < 1.29 is 19.1 Å². The Morgan fingerprint density at radius 1 is 1.35 bits per heavy atom. The highest BCUT2D eigenvalue weighted by Crippen LogP contribution is 2.27. The van der Waals surface area contributed by atoms with Gasteiger partial charge in [0.25, 0.3) is 5.91 Å². The smallest absolute Gasteiger partial charge is 0.328 e. The van der Waals surface area contributed by atoms with Crippen molar-refractivity contribution in [2.24, 2.45) is 0 Å². The highest BCUT2D eigenvalue weighted by molar-refractivity contribution is 9.10. The van der Waals surface area contributed by atoms with Crippen LogP contribution in [0.5, 0.6) is 5.75 Å². The third-order valence-corrected chi connectivity index (χ3v) is 4.08. The molecule has 2 rings (SSSR count). The maximum atomic E-state index is 12.6. The highest BCUT2D eigenvalue weighted by atomic mass is 79.9. The Labute approximate surface area is 126 Å². The molecule has 1 heterocycles. The number of rotatable bonds is 3. The van der Waals surface area contributed by atoms with Crippen LogP contribution in [-0.4, -0.2) is 43.6 Å². The van der Waals surface area contributed by atoms with Crippen LogP contribution in [-0.2, 0) is 9.53 Å². The first-order valence-electron chi connectivity index (χ1n) is 6.30. The number of benzene rings is 1.